The van der Waals surface area contributed by atoms with Gasteiger partial charge in [0, 0.05) is 25.7 Å². The van der Waals surface area contributed by atoms with Gasteiger partial charge in [0.2, 0.25) is 0 Å². The second-order valence-electron chi connectivity index (χ2n) is 28.1. The fraction of sp³-hybridized carbons (Fsp3) is 0.947. The molecule has 0 aliphatic rings. The molecule has 95 heavy (non-hydrogen) atoms. The Bertz CT molecular complexity index is 1840. The number of ether oxygens (including phenoxy) is 4. The third-order valence-corrected chi connectivity index (χ3v) is 20.0. The van der Waals surface area contributed by atoms with Crippen LogP contribution in [0.25, 0.3) is 0 Å². The molecule has 0 aromatic carbocycles. The molecule has 0 aliphatic heterocycles. The zero-order valence-corrected chi connectivity index (χ0v) is 63.8. The van der Waals surface area contributed by atoms with Crippen molar-refractivity contribution in [3.8, 4) is 0 Å². The number of unbranched alkanes of at least 4 members (excludes halogenated alkanes) is 44. The fourth-order valence-electron chi connectivity index (χ4n) is 11.6. The lowest BCUT2D eigenvalue weighted by Gasteiger charge is -2.21. The molecule has 0 radical (unpaired) electrons. The van der Waals surface area contributed by atoms with Gasteiger partial charge in [-0.25, -0.2) is 9.13 Å². The van der Waals surface area contributed by atoms with Gasteiger partial charge in [0.05, 0.1) is 26.4 Å². The maximum Gasteiger partial charge on any atom is 0.472 e. The molecule has 17 nitrogen and oxygen atoms in total. The number of phosphoric ester groups is 2. The van der Waals surface area contributed by atoms with E-state index in [1.807, 2.05) is 0 Å². The molecule has 0 aromatic rings. The zero-order chi connectivity index (χ0) is 70.0. The van der Waals surface area contributed by atoms with Crippen molar-refractivity contribution in [2.45, 2.75) is 413 Å². The molecule has 19 heteroatoms. The van der Waals surface area contributed by atoms with E-state index in [1.165, 1.54) is 212 Å². The monoisotopic (exact) mass is 1400 g/mol. The predicted molar refractivity (Wildman–Crippen MR) is 386 cm³/mol. The van der Waals surface area contributed by atoms with E-state index >= 15 is 0 Å². The Balaban J connectivity index is 5.26. The second-order valence-corrected chi connectivity index (χ2v) is 31.0. The molecule has 3 N–H and O–H groups in total. The van der Waals surface area contributed by atoms with Crippen LogP contribution in [0.5, 0.6) is 0 Å². The summed E-state index contributed by atoms with van der Waals surface area (Å²) in [6.07, 6.45) is 55.4. The van der Waals surface area contributed by atoms with Crippen LogP contribution < -0.4 is 0 Å². The van der Waals surface area contributed by atoms with Gasteiger partial charge >= 0.3 is 39.5 Å². The number of aliphatic hydroxyl groups is 1. The van der Waals surface area contributed by atoms with E-state index in [-0.39, 0.29) is 25.7 Å². The van der Waals surface area contributed by atoms with E-state index in [0.29, 0.717) is 25.7 Å². The Kier molecular flexibility index (Phi) is 66.5. The molecule has 564 valence electrons. The Morgan fingerprint density at radius 2 is 0.537 bits per heavy atom. The first-order valence-electron chi connectivity index (χ1n) is 39.5. The van der Waals surface area contributed by atoms with Crippen molar-refractivity contribution < 1.29 is 80.2 Å². The molecule has 0 bridgehead atoms. The van der Waals surface area contributed by atoms with Crippen LogP contribution in [-0.4, -0.2) is 96.7 Å². The van der Waals surface area contributed by atoms with Crippen LogP contribution in [0.4, 0.5) is 0 Å². The summed E-state index contributed by atoms with van der Waals surface area (Å²) in [5.74, 6) is -0.601. The number of carbonyl (C=O) groups is 4. The molecule has 3 unspecified atom stereocenters. The first-order valence-corrected chi connectivity index (χ1v) is 42.5. The first kappa shape index (κ1) is 93.1. The minimum absolute atomic E-state index is 0.105. The van der Waals surface area contributed by atoms with Gasteiger partial charge < -0.3 is 33.8 Å². The zero-order valence-electron chi connectivity index (χ0n) is 62.0. The van der Waals surface area contributed by atoms with Crippen molar-refractivity contribution in [3.63, 3.8) is 0 Å². The van der Waals surface area contributed by atoms with Crippen LogP contribution in [0.3, 0.4) is 0 Å². The van der Waals surface area contributed by atoms with E-state index in [4.69, 9.17) is 37.0 Å². The van der Waals surface area contributed by atoms with Gasteiger partial charge in [-0.05, 0) is 37.5 Å². The summed E-state index contributed by atoms with van der Waals surface area (Å²) in [6.45, 7) is 9.58. The predicted octanol–water partition coefficient (Wildman–Crippen LogP) is 22.3. The summed E-state index contributed by atoms with van der Waals surface area (Å²) in [6, 6.07) is 0. The summed E-state index contributed by atoms with van der Waals surface area (Å²) in [4.78, 5) is 72.8. The number of hydrogen-bond donors (Lipinski definition) is 3. The van der Waals surface area contributed by atoms with Gasteiger partial charge in [-0.2, -0.15) is 0 Å². The number of carbonyl (C=O) groups excluding carboxylic acids is 4. The lowest BCUT2D eigenvalue weighted by atomic mass is 9.99. The maximum absolute atomic E-state index is 13.1. The minimum Gasteiger partial charge on any atom is -0.462 e. The highest BCUT2D eigenvalue weighted by molar-refractivity contribution is 7.47. The Labute approximate surface area is 581 Å². The highest BCUT2D eigenvalue weighted by Gasteiger charge is 2.30. The van der Waals surface area contributed by atoms with Crippen molar-refractivity contribution in [3.05, 3.63) is 0 Å². The lowest BCUT2D eigenvalue weighted by Crippen LogP contribution is -2.30. The summed E-state index contributed by atoms with van der Waals surface area (Å²) in [5, 5.41) is 10.6. The number of rotatable bonds is 75. The van der Waals surface area contributed by atoms with Crippen molar-refractivity contribution in [1.82, 2.24) is 0 Å². The van der Waals surface area contributed by atoms with Crippen molar-refractivity contribution in [1.29, 1.82) is 0 Å². The van der Waals surface area contributed by atoms with Gasteiger partial charge in [0.1, 0.15) is 19.3 Å². The first-order chi connectivity index (χ1) is 45.9. The third kappa shape index (κ3) is 69.0. The molecular formula is C76H148O17P2. The molecule has 0 rings (SSSR count). The molecular weight excluding hydrogens is 1250 g/mol. The van der Waals surface area contributed by atoms with E-state index in [0.717, 1.165) is 102 Å². The number of aliphatic hydroxyl groups excluding tert-OH is 1. The van der Waals surface area contributed by atoms with Crippen LogP contribution in [0.2, 0.25) is 0 Å². The van der Waals surface area contributed by atoms with Crippen LogP contribution in [0.1, 0.15) is 395 Å². The van der Waals surface area contributed by atoms with Crippen LogP contribution >= 0.6 is 15.6 Å². The molecule has 6 atom stereocenters. The Hall–Kier alpha value is -1.94. The van der Waals surface area contributed by atoms with Gasteiger partial charge in [0.15, 0.2) is 12.2 Å². The van der Waals surface area contributed by atoms with Crippen molar-refractivity contribution in [2.24, 2.45) is 11.8 Å². The number of hydrogen-bond acceptors (Lipinski definition) is 15. The molecule has 0 saturated carbocycles. The summed E-state index contributed by atoms with van der Waals surface area (Å²) < 4.78 is 68.6. The van der Waals surface area contributed by atoms with E-state index in [2.05, 4.69) is 41.5 Å². The molecule has 0 amide bonds. The topological polar surface area (TPSA) is 237 Å². The van der Waals surface area contributed by atoms with E-state index < -0.39 is 97.5 Å². The van der Waals surface area contributed by atoms with E-state index in [9.17, 15) is 43.2 Å². The highest BCUT2D eigenvalue weighted by Crippen LogP contribution is 2.45. The maximum atomic E-state index is 13.1. The third-order valence-electron chi connectivity index (χ3n) is 18.1. The van der Waals surface area contributed by atoms with Crippen LogP contribution in [-0.2, 0) is 65.4 Å². The summed E-state index contributed by atoms with van der Waals surface area (Å²) in [5.41, 5.74) is 0. The normalized spacial score (nSPS) is 14.3. The molecule has 0 aliphatic carbocycles. The smallest absolute Gasteiger partial charge is 0.462 e. The molecule has 0 fully saturated rings. The average molecular weight is 1400 g/mol. The van der Waals surface area contributed by atoms with Gasteiger partial charge in [-0.1, -0.05) is 343 Å². The molecule has 0 aromatic heterocycles. The largest absolute Gasteiger partial charge is 0.472 e. The Morgan fingerprint density at radius 3 is 0.800 bits per heavy atom. The van der Waals surface area contributed by atoms with E-state index in [1.54, 1.807) is 0 Å². The standard InChI is InChI=1S/C76H148O17P2/c1-7-10-12-14-16-18-20-22-24-25-26-28-30-34-42-48-54-60-75(80)92-71(64-86-73(78)58-52-46-40-33-29-27-23-21-19-17-15-13-11-8-2)66-90-94(82,83)88-62-70(77)63-89-95(84,85)91-67-72(93-76(81)61-55-49-43-35-31-32-38-44-50-56-68(4)5)65-87-74(79)59-53-47-41-37-36-39-45-51-57-69(6)9-3/h68-72,77H,7-67H2,1-6H3,(H,82,83)(H,84,85)/t69?,70-,71-,72-/m1/s1. The average Bonchev–Trinajstić information content (AvgIpc) is 1.52. The highest BCUT2D eigenvalue weighted by atomic mass is 31.2. The molecule has 0 saturated heterocycles. The van der Waals surface area contributed by atoms with Gasteiger partial charge in [-0.15, -0.1) is 0 Å². The lowest BCUT2D eigenvalue weighted by molar-refractivity contribution is -0.161. The summed E-state index contributed by atoms with van der Waals surface area (Å²) >= 11 is 0. The number of phosphoric acid groups is 2. The quantitative estimate of drug-likeness (QED) is 0.0222. The minimum atomic E-state index is -4.96. The number of esters is 4. The fourth-order valence-corrected chi connectivity index (χ4v) is 13.2. The molecule has 0 spiro atoms. The SMILES string of the molecule is CCCCCCCCCCCCCCCCCCCC(=O)O[C@H](COC(=O)CCCCCCCCCCCCCCCC)COP(=O)(O)OC[C@@H](O)COP(=O)(O)OC[C@@H](COC(=O)CCCCCCCCCCC(C)CC)OC(=O)CCCCCCCCCCCC(C)C. The van der Waals surface area contributed by atoms with Gasteiger partial charge in [0.25, 0.3) is 0 Å². The van der Waals surface area contributed by atoms with Crippen molar-refractivity contribution >= 4 is 39.5 Å². The van der Waals surface area contributed by atoms with Crippen molar-refractivity contribution in [2.75, 3.05) is 39.6 Å². The molecule has 0 heterocycles. The summed E-state index contributed by atoms with van der Waals surface area (Å²) in [7, 11) is -9.91. The second kappa shape index (κ2) is 67.9. The Morgan fingerprint density at radius 1 is 0.305 bits per heavy atom. The van der Waals surface area contributed by atoms with Gasteiger partial charge in [-0.3, -0.25) is 37.3 Å². The van der Waals surface area contributed by atoms with Crippen LogP contribution in [0, 0.1) is 11.8 Å². The van der Waals surface area contributed by atoms with Crippen LogP contribution in [0.15, 0.2) is 0 Å².